The highest BCUT2D eigenvalue weighted by atomic mass is 19.4. The summed E-state index contributed by atoms with van der Waals surface area (Å²) in [7, 11) is 1.44. The number of nitrogens with one attached hydrogen (secondary N) is 1. The molecule has 0 unspecified atom stereocenters. The SMILES string of the molecule is Cn1nc(CNC(=O)/C=C\n2cnc(-c3cc(C(F)(F)F)cc(C(F)(F)F)c3)n2)ccc1=O. The van der Waals surface area contributed by atoms with Crippen LogP contribution in [-0.2, 0) is 30.7 Å². The summed E-state index contributed by atoms with van der Waals surface area (Å²) in [5.74, 6) is -0.993. The molecule has 0 saturated heterocycles. The first-order valence-corrected chi connectivity index (χ1v) is 9.03. The molecule has 1 aromatic carbocycles. The first kappa shape index (κ1) is 23.7. The molecule has 0 saturated carbocycles. The number of rotatable bonds is 5. The van der Waals surface area contributed by atoms with Crippen LogP contribution < -0.4 is 10.9 Å². The highest BCUT2D eigenvalue weighted by molar-refractivity contribution is 5.89. The van der Waals surface area contributed by atoms with E-state index in [1.807, 2.05) is 0 Å². The largest absolute Gasteiger partial charge is 0.416 e. The van der Waals surface area contributed by atoms with Gasteiger partial charge in [-0.1, -0.05) is 0 Å². The highest BCUT2D eigenvalue weighted by Crippen LogP contribution is 2.38. The van der Waals surface area contributed by atoms with E-state index >= 15 is 0 Å². The Hall–Kier alpha value is -3.97. The summed E-state index contributed by atoms with van der Waals surface area (Å²) in [5, 5.41) is 10.2. The Labute approximate surface area is 181 Å². The van der Waals surface area contributed by atoms with Crippen LogP contribution in [0, 0.1) is 0 Å². The minimum Gasteiger partial charge on any atom is -0.347 e. The molecule has 2 aromatic heterocycles. The number of amides is 1. The van der Waals surface area contributed by atoms with E-state index in [1.165, 1.54) is 19.2 Å². The maximum Gasteiger partial charge on any atom is 0.416 e. The van der Waals surface area contributed by atoms with Crippen molar-refractivity contribution in [3.8, 4) is 11.4 Å². The van der Waals surface area contributed by atoms with Crippen molar-refractivity contribution in [2.24, 2.45) is 7.05 Å². The van der Waals surface area contributed by atoms with Gasteiger partial charge in [0.25, 0.3) is 5.56 Å². The maximum absolute atomic E-state index is 13.0. The summed E-state index contributed by atoms with van der Waals surface area (Å²) in [5.41, 5.74) is -3.40. The normalized spacial score (nSPS) is 12.3. The first-order chi connectivity index (χ1) is 15.3. The summed E-state index contributed by atoms with van der Waals surface area (Å²) < 4.78 is 80.1. The average Bonchev–Trinajstić information content (AvgIpc) is 3.20. The highest BCUT2D eigenvalue weighted by Gasteiger charge is 2.37. The predicted octanol–water partition coefficient (Wildman–Crippen LogP) is 2.86. The fraction of sp³-hybridized carbons (Fsp3) is 0.211. The third-order valence-electron chi connectivity index (χ3n) is 4.19. The van der Waals surface area contributed by atoms with E-state index in [2.05, 4.69) is 20.5 Å². The van der Waals surface area contributed by atoms with Crippen LogP contribution in [0.25, 0.3) is 17.6 Å². The molecule has 0 aliphatic carbocycles. The minimum absolute atomic E-state index is 0.00417. The van der Waals surface area contributed by atoms with Gasteiger partial charge in [0.1, 0.15) is 6.33 Å². The predicted molar refractivity (Wildman–Crippen MR) is 102 cm³/mol. The van der Waals surface area contributed by atoms with Crippen molar-refractivity contribution < 1.29 is 31.1 Å². The summed E-state index contributed by atoms with van der Waals surface area (Å²) in [6.07, 6.45) is -6.86. The summed E-state index contributed by atoms with van der Waals surface area (Å²) in [4.78, 5) is 26.9. The molecule has 14 heteroatoms. The van der Waals surface area contributed by atoms with E-state index < -0.39 is 40.8 Å². The fourth-order valence-electron chi connectivity index (χ4n) is 2.59. The second-order valence-electron chi connectivity index (χ2n) is 6.66. The number of aryl methyl sites for hydroxylation is 1. The van der Waals surface area contributed by atoms with Crippen molar-refractivity contribution in [2.75, 3.05) is 0 Å². The number of carbonyl (C=O) groups is 1. The molecular formula is C19H14F6N6O2. The number of halogens is 6. The molecule has 3 aromatic rings. The van der Waals surface area contributed by atoms with Crippen molar-refractivity contribution in [1.29, 1.82) is 0 Å². The Morgan fingerprint density at radius 1 is 1.03 bits per heavy atom. The van der Waals surface area contributed by atoms with Gasteiger partial charge in [-0.15, -0.1) is 5.10 Å². The lowest BCUT2D eigenvalue weighted by molar-refractivity contribution is -0.143. The number of aromatic nitrogens is 5. The molecule has 8 nitrogen and oxygen atoms in total. The lowest BCUT2D eigenvalue weighted by Gasteiger charge is -2.13. The molecule has 1 amide bonds. The second-order valence-corrected chi connectivity index (χ2v) is 6.66. The van der Waals surface area contributed by atoms with Crippen molar-refractivity contribution in [3.05, 3.63) is 69.9 Å². The molecule has 0 bridgehead atoms. The van der Waals surface area contributed by atoms with E-state index in [-0.39, 0.29) is 18.2 Å². The van der Waals surface area contributed by atoms with Gasteiger partial charge in [-0.2, -0.15) is 31.4 Å². The number of hydrogen-bond donors (Lipinski definition) is 1. The quantitative estimate of drug-likeness (QED) is 0.455. The van der Waals surface area contributed by atoms with Gasteiger partial charge in [0, 0.05) is 31.0 Å². The van der Waals surface area contributed by atoms with Gasteiger partial charge < -0.3 is 5.32 Å². The van der Waals surface area contributed by atoms with Gasteiger partial charge >= 0.3 is 12.4 Å². The first-order valence-electron chi connectivity index (χ1n) is 9.03. The number of carbonyl (C=O) groups excluding carboxylic acids is 1. The Kier molecular flexibility index (Phi) is 6.37. The fourth-order valence-corrected chi connectivity index (χ4v) is 2.59. The van der Waals surface area contributed by atoms with Crippen LogP contribution >= 0.6 is 0 Å². The molecule has 0 aliphatic rings. The third-order valence-corrected chi connectivity index (χ3v) is 4.19. The molecule has 0 atom stereocenters. The molecule has 0 radical (unpaired) electrons. The molecule has 0 fully saturated rings. The van der Waals surface area contributed by atoms with Crippen LogP contribution in [0.3, 0.4) is 0 Å². The Balaban J connectivity index is 1.75. The molecule has 1 N–H and O–H groups in total. The smallest absolute Gasteiger partial charge is 0.347 e. The Morgan fingerprint density at radius 2 is 1.67 bits per heavy atom. The maximum atomic E-state index is 13.0. The average molecular weight is 472 g/mol. The van der Waals surface area contributed by atoms with Crippen molar-refractivity contribution in [1.82, 2.24) is 29.9 Å². The number of alkyl halides is 6. The molecule has 0 spiro atoms. The van der Waals surface area contributed by atoms with E-state index in [1.54, 1.807) is 0 Å². The third kappa shape index (κ3) is 6.05. The lowest BCUT2D eigenvalue weighted by Crippen LogP contribution is -2.25. The zero-order chi connectivity index (χ0) is 24.4. The second kappa shape index (κ2) is 8.88. The molecule has 3 rings (SSSR count). The van der Waals surface area contributed by atoms with E-state index in [9.17, 15) is 35.9 Å². The summed E-state index contributed by atoms with van der Waals surface area (Å²) in [6, 6.07) is 3.72. The van der Waals surface area contributed by atoms with Gasteiger partial charge in [0.05, 0.1) is 23.4 Å². The molecule has 174 valence electrons. The van der Waals surface area contributed by atoms with Gasteiger partial charge in [-0.25, -0.2) is 14.3 Å². The monoisotopic (exact) mass is 472 g/mol. The Morgan fingerprint density at radius 3 is 2.24 bits per heavy atom. The van der Waals surface area contributed by atoms with Crippen LogP contribution in [0.4, 0.5) is 26.3 Å². The summed E-state index contributed by atoms with van der Waals surface area (Å²) >= 11 is 0. The van der Waals surface area contributed by atoms with Gasteiger partial charge in [0.2, 0.25) is 5.91 Å². The molecular weight excluding hydrogens is 458 g/mol. The van der Waals surface area contributed by atoms with Crippen LogP contribution in [0.5, 0.6) is 0 Å². The number of benzene rings is 1. The zero-order valence-electron chi connectivity index (χ0n) is 16.6. The van der Waals surface area contributed by atoms with Crippen LogP contribution in [0.1, 0.15) is 16.8 Å². The standard InChI is InChI=1S/C19H14F6N6O2/c1-30-16(33)3-2-14(28-30)9-26-15(32)4-5-31-10-27-17(29-31)11-6-12(18(20,21)22)8-13(7-11)19(23,24)25/h2-8,10H,9H2,1H3,(H,26,32)/b5-4-. The molecule has 2 heterocycles. The number of nitrogens with zero attached hydrogens (tertiary/aromatic N) is 5. The summed E-state index contributed by atoms with van der Waals surface area (Å²) in [6.45, 7) is 0.00432. The van der Waals surface area contributed by atoms with Crippen molar-refractivity contribution in [2.45, 2.75) is 18.9 Å². The van der Waals surface area contributed by atoms with Crippen LogP contribution in [0.2, 0.25) is 0 Å². The molecule has 33 heavy (non-hydrogen) atoms. The molecule has 0 aliphatic heterocycles. The van der Waals surface area contributed by atoms with E-state index in [0.29, 0.717) is 17.8 Å². The van der Waals surface area contributed by atoms with E-state index in [4.69, 9.17) is 0 Å². The van der Waals surface area contributed by atoms with Crippen LogP contribution in [0.15, 0.2) is 47.5 Å². The van der Waals surface area contributed by atoms with Crippen molar-refractivity contribution in [3.63, 3.8) is 0 Å². The van der Waals surface area contributed by atoms with Gasteiger partial charge in [0.15, 0.2) is 5.82 Å². The van der Waals surface area contributed by atoms with Gasteiger partial charge in [-0.05, 0) is 24.3 Å². The van der Waals surface area contributed by atoms with Crippen LogP contribution in [-0.4, -0.2) is 30.5 Å². The topological polar surface area (TPSA) is 94.7 Å². The van der Waals surface area contributed by atoms with Gasteiger partial charge in [-0.3, -0.25) is 9.59 Å². The zero-order valence-corrected chi connectivity index (χ0v) is 16.6. The van der Waals surface area contributed by atoms with Crippen molar-refractivity contribution >= 4 is 12.1 Å². The lowest BCUT2D eigenvalue weighted by atomic mass is 10.0. The number of hydrogen-bond acceptors (Lipinski definition) is 5. The van der Waals surface area contributed by atoms with E-state index in [0.717, 1.165) is 28.0 Å². The Bertz CT molecular complexity index is 1230. The minimum atomic E-state index is -5.00.